The Morgan fingerprint density at radius 3 is 2.83 bits per heavy atom. The fourth-order valence-electron chi connectivity index (χ4n) is 4.23. The van der Waals surface area contributed by atoms with Crippen LogP contribution in [0.1, 0.15) is 37.9 Å². The summed E-state index contributed by atoms with van der Waals surface area (Å²) in [7, 11) is 0. The highest BCUT2D eigenvalue weighted by Crippen LogP contribution is 2.35. The van der Waals surface area contributed by atoms with Gasteiger partial charge in [0.05, 0.1) is 12.1 Å². The van der Waals surface area contributed by atoms with E-state index in [4.69, 9.17) is 10.7 Å². The number of benzene rings is 1. The van der Waals surface area contributed by atoms with Gasteiger partial charge in [-0.25, -0.2) is 9.97 Å². The minimum Gasteiger partial charge on any atom is -0.383 e. The molecular formula is C18H25N5. The number of nitrogens with one attached hydrogen (secondary N) is 1. The molecular weight excluding hydrogens is 286 g/mol. The number of aromatic nitrogens is 2. The maximum atomic E-state index is 6.15. The fraction of sp³-hybridized carbons (Fsp3) is 0.556. The van der Waals surface area contributed by atoms with Gasteiger partial charge < -0.3 is 11.1 Å². The zero-order valence-corrected chi connectivity index (χ0v) is 13.6. The number of hydrogen-bond acceptors (Lipinski definition) is 5. The highest BCUT2D eigenvalue weighted by atomic mass is 15.3. The van der Waals surface area contributed by atoms with Gasteiger partial charge in [0.25, 0.3) is 0 Å². The first-order chi connectivity index (χ1) is 11.3. The molecule has 2 heterocycles. The predicted molar refractivity (Wildman–Crippen MR) is 93.0 cm³/mol. The summed E-state index contributed by atoms with van der Waals surface area (Å²) in [6.45, 7) is 4.01. The van der Waals surface area contributed by atoms with Crippen LogP contribution in [0.3, 0.4) is 0 Å². The molecule has 0 amide bonds. The SMILES string of the molecule is Nc1nc(CN2CCNCC23CCCCC3)nc2ccccc12. The average molecular weight is 311 g/mol. The van der Waals surface area contributed by atoms with Crippen molar-refractivity contribution in [3.8, 4) is 0 Å². The second-order valence-electron chi connectivity index (χ2n) is 6.93. The van der Waals surface area contributed by atoms with Gasteiger partial charge in [-0.1, -0.05) is 31.4 Å². The molecule has 0 unspecified atom stereocenters. The summed E-state index contributed by atoms with van der Waals surface area (Å²) in [5.74, 6) is 1.45. The maximum Gasteiger partial charge on any atom is 0.145 e. The van der Waals surface area contributed by atoms with E-state index in [1.54, 1.807) is 0 Å². The lowest BCUT2D eigenvalue weighted by molar-refractivity contribution is 0.0190. The number of piperazine rings is 1. The third-order valence-corrected chi connectivity index (χ3v) is 5.48. The summed E-state index contributed by atoms with van der Waals surface area (Å²) < 4.78 is 0. The molecule has 2 aliphatic rings. The van der Waals surface area contributed by atoms with Crippen molar-refractivity contribution < 1.29 is 0 Å². The lowest BCUT2D eigenvalue weighted by Crippen LogP contribution is -2.61. The first kappa shape index (κ1) is 14.8. The van der Waals surface area contributed by atoms with Crippen LogP contribution >= 0.6 is 0 Å². The Hall–Kier alpha value is -1.72. The maximum absolute atomic E-state index is 6.15. The van der Waals surface area contributed by atoms with Crippen LogP contribution in [0.4, 0.5) is 5.82 Å². The van der Waals surface area contributed by atoms with Gasteiger partial charge in [0.15, 0.2) is 0 Å². The van der Waals surface area contributed by atoms with Crippen molar-refractivity contribution in [2.75, 3.05) is 25.4 Å². The minimum atomic E-state index is 0.292. The third kappa shape index (κ3) is 2.79. The predicted octanol–water partition coefficient (Wildman–Crippen LogP) is 2.32. The largest absolute Gasteiger partial charge is 0.383 e. The molecule has 2 fully saturated rings. The highest BCUT2D eigenvalue weighted by Gasteiger charge is 2.39. The molecule has 3 N–H and O–H groups in total. The number of nitrogen functional groups attached to an aromatic ring is 1. The van der Waals surface area contributed by atoms with Crippen LogP contribution in [0, 0.1) is 0 Å². The number of hydrogen-bond donors (Lipinski definition) is 2. The van der Waals surface area contributed by atoms with E-state index < -0.39 is 0 Å². The van der Waals surface area contributed by atoms with Gasteiger partial charge in [-0.15, -0.1) is 0 Å². The van der Waals surface area contributed by atoms with E-state index >= 15 is 0 Å². The molecule has 0 bridgehead atoms. The monoisotopic (exact) mass is 311 g/mol. The van der Waals surface area contributed by atoms with E-state index in [9.17, 15) is 0 Å². The van der Waals surface area contributed by atoms with Gasteiger partial charge in [-0.05, 0) is 25.0 Å². The Balaban J connectivity index is 1.63. The van der Waals surface area contributed by atoms with E-state index in [1.165, 1.54) is 32.1 Å². The number of fused-ring (bicyclic) bond motifs is 1. The molecule has 1 aromatic heterocycles. The zero-order valence-electron chi connectivity index (χ0n) is 13.6. The van der Waals surface area contributed by atoms with E-state index in [0.717, 1.165) is 42.9 Å². The zero-order chi connectivity index (χ0) is 15.7. The summed E-state index contributed by atoms with van der Waals surface area (Å²) in [5, 5.41) is 4.54. The van der Waals surface area contributed by atoms with Crippen molar-refractivity contribution in [1.29, 1.82) is 0 Å². The fourth-order valence-corrected chi connectivity index (χ4v) is 4.23. The molecule has 2 aromatic rings. The molecule has 0 radical (unpaired) electrons. The molecule has 5 nitrogen and oxygen atoms in total. The van der Waals surface area contributed by atoms with Crippen LogP contribution in [0.25, 0.3) is 10.9 Å². The van der Waals surface area contributed by atoms with Gasteiger partial charge in [0.2, 0.25) is 0 Å². The van der Waals surface area contributed by atoms with Crippen molar-refractivity contribution in [2.24, 2.45) is 0 Å². The van der Waals surface area contributed by atoms with E-state index in [1.807, 2.05) is 24.3 Å². The molecule has 4 rings (SSSR count). The Morgan fingerprint density at radius 2 is 1.96 bits per heavy atom. The van der Waals surface area contributed by atoms with Gasteiger partial charge in [-0.2, -0.15) is 0 Å². The minimum absolute atomic E-state index is 0.292. The molecule has 1 saturated carbocycles. The van der Waals surface area contributed by atoms with Crippen LogP contribution < -0.4 is 11.1 Å². The van der Waals surface area contributed by atoms with Crippen molar-refractivity contribution in [3.05, 3.63) is 30.1 Å². The lowest BCUT2D eigenvalue weighted by Gasteiger charge is -2.49. The average Bonchev–Trinajstić information content (AvgIpc) is 2.58. The number of para-hydroxylation sites is 1. The van der Waals surface area contributed by atoms with Crippen LogP contribution in [0.5, 0.6) is 0 Å². The molecule has 1 aliphatic carbocycles. The number of nitrogens with two attached hydrogens (primary N) is 1. The smallest absolute Gasteiger partial charge is 0.145 e. The quantitative estimate of drug-likeness (QED) is 0.891. The van der Waals surface area contributed by atoms with E-state index in [-0.39, 0.29) is 0 Å². The van der Waals surface area contributed by atoms with E-state index in [2.05, 4.69) is 15.2 Å². The van der Waals surface area contributed by atoms with Crippen LogP contribution in [-0.2, 0) is 6.54 Å². The van der Waals surface area contributed by atoms with Gasteiger partial charge >= 0.3 is 0 Å². The summed E-state index contributed by atoms with van der Waals surface area (Å²) in [6.07, 6.45) is 6.60. The molecule has 1 spiro atoms. The van der Waals surface area contributed by atoms with Crippen LogP contribution in [0.2, 0.25) is 0 Å². The van der Waals surface area contributed by atoms with Crippen LogP contribution in [-0.4, -0.2) is 40.0 Å². The summed E-state index contributed by atoms with van der Waals surface area (Å²) in [6, 6.07) is 7.99. The van der Waals surface area contributed by atoms with Crippen molar-refractivity contribution >= 4 is 16.7 Å². The number of anilines is 1. The second kappa shape index (κ2) is 6.06. The lowest BCUT2D eigenvalue weighted by atomic mass is 9.79. The highest BCUT2D eigenvalue weighted by molar-refractivity contribution is 5.87. The van der Waals surface area contributed by atoms with Crippen molar-refractivity contribution in [1.82, 2.24) is 20.2 Å². The molecule has 0 atom stereocenters. The topological polar surface area (TPSA) is 67.1 Å². The van der Waals surface area contributed by atoms with Crippen LogP contribution in [0.15, 0.2) is 24.3 Å². The summed E-state index contributed by atoms with van der Waals surface area (Å²) in [5.41, 5.74) is 7.39. The van der Waals surface area contributed by atoms with Crippen molar-refractivity contribution in [3.63, 3.8) is 0 Å². The van der Waals surface area contributed by atoms with Gasteiger partial charge in [-0.3, -0.25) is 4.90 Å². The van der Waals surface area contributed by atoms with Crippen molar-refractivity contribution in [2.45, 2.75) is 44.2 Å². The molecule has 1 aliphatic heterocycles. The summed E-state index contributed by atoms with van der Waals surface area (Å²) >= 11 is 0. The second-order valence-corrected chi connectivity index (χ2v) is 6.93. The Labute approximate surface area is 137 Å². The first-order valence-corrected chi connectivity index (χ1v) is 8.74. The summed E-state index contributed by atoms with van der Waals surface area (Å²) in [4.78, 5) is 11.9. The molecule has 122 valence electrons. The Kier molecular flexibility index (Phi) is 3.91. The van der Waals surface area contributed by atoms with Gasteiger partial charge in [0.1, 0.15) is 11.6 Å². The Bertz CT molecular complexity index is 685. The third-order valence-electron chi connectivity index (χ3n) is 5.48. The molecule has 5 heteroatoms. The standard InChI is InChI=1S/C18H25N5/c19-17-14-6-2-3-7-15(14)21-16(22-17)12-23-11-10-20-13-18(23)8-4-1-5-9-18/h2-3,6-7,20H,1,4-5,8-13H2,(H2,19,21,22). The number of rotatable bonds is 2. The normalized spacial score (nSPS) is 21.7. The molecule has 1 saturated heterocycles. The van der Waals surface area contributed by atoms with E-state index in [0.29, 0.717) is 11.4 Å². The Morgan fingerprint density at radius 1 is 1.13 bits per heavy atom. The van der Waals surface area contributed by atoms with Gasteiger partial charge in [0, 0.05) is 30.6 Å². The molecule has 23 heavy (non-hydrogen) atoms. The number of nitrogens with zero attached hydrogens (tertiary/aromatic N) is 3. The molecule has 1 aromatic carbocycles. The first-order valence-electron chi connectivity index (χ1n) is 8.74.